The predicted molar refractivity (Wildman–Crippen MR) is 256 cm³/mol. The SMILES string of the molecule is Cc1ccccc1[C@@H]1COCCN1C1CC2(CCN(c3ccc(C(=O)NS(=O)(=O)c4ccc(NCC5CCOCC5)c([N+](=O)[O-])c4)c(N4c5cc6c(F)c[nH]c6nc5O[C@H]5COCC[C@@H]54)c3)CC2)C1. The van der Waals surface area contributed by atoms with Crippen LogP contribution in [0.5, 0.6) is 5.88 Å². The average Bonchev–Trinajstić information content (AvgIpc) is 3.72. The third-order valence-electron chi connectivity index (χ3n) is 15.5. The molecule has 19 heteroatoms. The van der Waals surface area contributed by atoms with Crippen LogP contribution in [0.4, 0.5) is 32.8 Å². The molecule has 5 aromatic rings. The second kappa shape index (κ2) is 18.5. The fourth-order valence-corrected chi connectivity index (χ4v) is 12.6. The molecule has 1 aliphatic carbocycles. The van der Waals surface area contributed by atoms with Crippen LogP contribution in [0.25, 0.3) is 11.0 Å². The summed E-state index contributed by atoms with van der Waals surface area (Å²) in [7, 11) is -4.65. The number of sulfonamides is 1. The Labute approximate surface area is 399 Å². The quantitative estimate of drug-likeness (QED) is 0.0877. The molecule has 1 spiro atoms. The van der Waals surface area contributed by atoms with E-state index < -0.39 is 49.4 Å². The van der Waals surface area contributed by atoms with Crippen LogP contribution in [0.1, 0.15) is 72.5 Å². The number of H-pyrrole nitrogens is 1. The average molecular weight is 965 g/mol. The van der Waals surface area contributed by atoms with Gasteiger partial charge in [-0.3, -0.25) is 19.8 Å². The van der Waals surface area contributed by atoms with E-state index in [1.165, 1.54) is 29.5 Å². The van der Waals surface area contributed by atoms with E-state index in [1.54, 1.807) is 12.1 Å². The molecule has 2 aromatic heterocycles. The molecule has 11 rings (SSSR count). The number of nitrogens with zero attached hydrogens (tertiary/aromatic N) is 5. The molecule has 5 fully saturated rings. The maximum atomic E-state index is 15.3. The van der Waals surface area contributed by atoms with Gasteiger partial charge in [0.1, 0.15) is 28.9 Å². The summed E-state index contributed by atoms with van der Waals surface area (Å²) in [5.41, 5.74) is 4.56. The Morgan fingerprint density at radius 3 is 2.52 bits per heavy atom. The third kappa shape index (κ3) is 8.76. The Morgan fingerprint density at radius 1 is 0.942 bits per heavy atom. The number of anilines is 4. The number of amides is 1. The van der Waals surface area contributed by atoms with Crippen molar-refractivity contribution in [1.82, 2.24) is 19.6 Å². The number of aryl methyl sites for hydroxylation is 1. The van der Waals surface area contributed by atoms with Crippen molar-refractivity contribution in [3.63, 3.8) is 0 Å². The molecule has 0 bridgehead atoms. The van der Waals surface area contributed by atoms with Crippen molar-refractivity contribution in [1.29, 1.82) is 0 Å². The van der Waals surface area contributed by atoms with Gasteiger partial charge in [0.25, 0.3) is 21.6 Å². The van der Waals surface area contributed by atoms with Crippen LogP contribution in [-0.2, 0) is 24.2 Å². The minimum Gasteiger partial charge on any atom is -0.468 e. The van der Waals surface area contributed by atoms with E-state index in [-0.39, 0.29) is 52.1 Å². The summed E-state index contributed by atoms with van der Waals surface area (Å²) < 4.78 is 69.4. The Hall–Kier alpha value is -5.86. The van der Waals surface area contributed by atoms with Gasteiger partial charge < -0.3 is 39.0 Å². The smallest absolute Gasteiger partial charge is 0.293 e. The van der Waals surface area contributed by atoms with Crippen LogP contribution in [0.3, 0.4) is 0 Å². The summed E-state index contributed by atoms with van der Waals surface area (Å²) in [4.78, 5) is 40.3. The number of aromatic amines is 1. The van der Waals surface area contributed by atoms with Gasteiger partial charge in [-0.2, -0.15) is 4.98 Å². The van der Waals surface area contributed by atoms with Crippen molar-refractivity contribution in [3.8, 4) is 5.88 Å². The van der Waals surface area contributed by atoms with Gasteiger partial charge in [-0.15, -0.1) is 0 Å². The molecule has 3 atom stereocenters. The van der Waals surface area contributed by atoms with Gasteiger partial charge in [0, 0.05) is 70.0 Å². The number of morpholine rings is 1. The van der Waals surface area contributed by atoms with Gasteiger partial charge in [-0.05, 0) is 111 Å². The maximum absolute atomic E-state index is 15.3. The van der Waals surface area contributed by atoms with Crippen molar-refractivity contribution < 1.29 is 41.5 Å². The monoisotopic (exact) mass is 964 g/mol. The molecule has 4 saturated heterocycles. The minimum atomic E-state index is -4.65. The Kier molecular flexibility index (Phi) is 12.2. The Balaban J connectivity index is 0.887. The number of carbonyl (C=O) groups is 1. The molecule has 6 aliphatic rings. The van der Waals surface area contributed by atoms with Gasteiger partial charge in [-0.25, -0.2) is 17.5 Å². The normalized spacial score (nSPS) is 23.2. The summed E-state index contributed by atoms with van der Waals surface area (Å²) in [6.45, 7) is 8.39. The van der Waals surface area contributed by atoms with E-state index in [0.717, 1.165) is 76.5 Å². The van der Waals surface area contributed by atoms with E-state index in [0.29, 0.717) is 56.8 Å². The van der Waals surface area contributed by atoms with Crippen LogP contribution >= 0.6 is 0 Å². The molecule has 3 N–H and O–H groups in total. The first-order chi connectivity index (χ1) is 33.4. The second-order valence-electron chi connectivity index (χ2n) is 19.5. The number of nitrogens with one attached hydrogen (secondary N) is 3. The lowest BCUT2D eigenvalue weighted by Crippen LogP contribution is -2.58. The number of ether oxygens (including phenoxy) is 4. The van der Waals surface area contributed by atoms with Crippen molar-refractivity contribution in [3.05, 3.63) is 106 Å². The zero-order valence-electron chi connectivity index (χ0n) is 38.5. The van der Waals surface area contributed by atoms with E-state index in [2.05, 4.69) is 61.0 Å². The molecule has 69 heavy (non-hydrogen) atoms. The maximum Gasteiger partial charge on any atom is 0.293 e. The van der Waals surface area contributed by atoms with Gasteiger partial charge in [0.15, 0.2) is 0 Å². The first-order valence-electron chi connectivity index (χ1n) is 24.1. The third-order valence-corrected chi connectivity index (χ3v) is 16.8. The fourth-order valence-electron chi connectivity index (χ4n) is 11.6. The lowest BCUT2D eigenvalue weighted by molar-refractivity contribution is -0.384. The zero-order chi connectivity index (χ0) is 47.4. The molecule has 5 aliphatic heterocycles. The summed E-state index contributed by atoms with van der Waals surface area (Å²) in [6.07, 6.45) is 7.03. The lowest BCUT2D eigenvalue weighted by Gasteiger charge is -2.57. The number of pyridine rings is 1. The predicted octanol–water partition coefficient (Wildman–Crippen LogP) is 7.39. The standard InChI is InChI=1S/C50H57FN8O9S/c1-31-4-2-3-5-36(31)45-29-67-21-17-57(45)34-25-50(26-34)13-15-56(16-14-50)33-6-8-37(42(22-33)58-41-12-20-66-30-46(41)68-49-44(58)24-38-39(51)28-53-47(38)54-49)48(60)55-69(63,64)35-7-9-40(43(23-35)59(61)62)52-27-32-10-18-65-19-11-32/h2-9,22-24,28,32,34,41,45-46,52H,10-21,25-27,29-30H2,1H3,(H,53,54)(H,55,60)/t41-,45-,46-/m0/s1. The number of aromatic nitrogens is 2. The largest absolute Gasteiger partial charge is 0.468 e. The first kappa shape index (κ1) is 45.6. The number of nitro benzene ring substituents is 1. The highest BCUT2D eigenvalue weighted by Crippen LogP contribution is 2.54. The molecule has 0 unspecified atom stereocenters. The number of nitro groups is 1. The number of hydrogen-bond acceptors (Lipinski definition) is 14. The Bertz CT molecular complexity index is 2880. The summed E-state index contributed by atoms with van der Waals surface area (Å²) in [5.74, 6) is -0.987. The Morgan fingerprint density at radius 2 is 1.72 bits per heavy atom. The van der Waals surface area contributed by atoms with Gasteiger partial charge in [0.2, 0.25) is 5.88 Å². The summed E-state index contributed by atoms with van der Waals surface area (Å²) >= 11 is 0. The number of piperidine rings is 1. The van der Waals surface area contributed by atoms with Crippen LogP contribution in [0, 0.1) is 34.2 Å². The van der Waals surface area contributed by atoms with Crippen molar-refractivity contribution >= 4 is 55.4 Å². The topological polar surface area (TPSA) is 194 Å². The van der Waals surface area contributed by atoms with E-state index >= 15 is 4.39 Å². The highest BCUT2D eigenvalue weighted by molar-refractivity contribution is 7.90. The molecule has 17 nitrogen and oxygen atoms in total. The van der Waals surface area contributed by atoms with Crippen molar-refractivity contribution in [2.75, 3.05) is 80.9 Å². The molecule has 3 aromatic carbocycles. The van der Waals surface area contributed by atoms with Gasteiger partial charge in [-0.1, -0.05) is 24.3 Å². The van der Waals surface area contributed by atoms with Gasteiger partial charge >= 0.3 is 0 Å². The molecular weight excluding hydrogens is 908 g/mol. The number of rotatable bonds is 11. The minimum absolute atomic E-state index is 0.0309. The molecule has 1 amide bonds. The number of carbonyl (C=O) groups excluding carboxylic acids is 1. The summed E-state index contributed by atoms with van der Waals surface area (Å²) in [5, 5.41) is 15.6. The van der Waals surface area contributed by atoms with Gasteiger partial charge in [0.05, 0.1) is 58.4 Å². The lowest BCUT2D eigenvalue weighted by atomic mass is 9.59. The molecule has 364 valence electrons. The van der Waals surface area contributed by atoms with Crippen LogP contribution in [0.15, 0.2) is 77.8 Å². The van der Waals surface area contributed by atoms with Crippen LogP contribution in [0.2, 0.25) is 0 Å². The van der Waals surface area contributed by atoms with Crippen molar-refractivity contribution in [2.45, 2.75) is 81.0 Å². The number of halogens is 1. The molecule has 7 heterocycles. The first-order valence-corrected chi connectivity index (χ1v) is 25.6. The molecular formula is C50H57FN8O9S. The van der Waals surface area contributed by atoms with E-state index in [9.17, 15) is 23.3 Å². The zero-order valence-corrected chi connectivity index (χ0v) is 39.3. The van der Waals surface area contributed by atoms with E-state index in [4.69, 9.17) is 18.9 Å². The number of fused-ring (bicyclic) bond motifs is 3. The summed E-state index contributed by atoms with van der Waals surface area (Å²) in [6, 6.07) is 19.5. The second-order valence-corrected chi connectivity index (χ2v) is 21.2. The number of benzene rings is 3. The van der Waals surface area contributed by atoms with Crippen LogP contribution in [-0.4, -0.2) is 118 Å². The molecule has 1 saturated carbocycles. The highest BCUT2D eigenvalue weighted by atomic mass is 32.2. The fraction of sp³-hybridized carbons (Fsp3) is 0.480. The van der Waals surface area contributed by atoms with Crippen molar-refractivity contribution in [2.24, 2.45) is 11.3 Å². The number of hydrogen-bond donors (Lipinski definition) is 3. The van der Waals surface area contributed by atoms with Crippen LogP contribution < -0.4 is 24.6 Å². The highest BCUT2D eigenvalue weighted by Gasteiger charge is 2.50. The molecule has 0 radical (unpaired) electrons. The van der Waals surface area contributed by atoms with E-state index in [1.807, 2.05) is 17.0 Å².